The van der Waals surface area contributed by atoms with Crippen LogP contribution in [0.2, 0.25) is 0 Å². The molecule has 0 unspecified atom stereocenters. The molecule has 16 heavy (non-hydrogen) atoms. The Morgan fingerprint density at radius 3 is 2.75 bits per heavy atom. The number of hydrogen-bond donors (Lipinski definition) is 0. The molecule has 1 aliphatic rings. The van der Waals surface area contributed by atoms with Crippen molar-refractivity contribution in [3.8, 4) is 17.9 Å². The third-order valence-corrected chi connectivity index (χ3v) is 2.63. The highest BCUT2D eigenvalue weighted by molar-refractivity contribution is 5.02. The number of ether oxygens (including phenoxy) is 1. The Labute approximate surface area is 98.4 Å². The number of nitriles is 1. The van der Waals surface area contributed by atoms with E-state index in [4.69, 9.17) is 10.00 Å². The Hall–Kier alpha value is -1.03. The summed E-state index contributed by atoms with van der Waals surface area (Å²) >= 11 is 0. The molecule has 3 heteroatoms. The minimum absolute atomic E-state index is 0.138. The van der Waals surface area contributed by atoms with Crippen LogP contribution in [-0.2, 0) is 4.74 Å². The topological polar surface area (TPSA) is 36.3 Å². The van der Waals surface area contributed by atoms with Crippen molar-refractivity contribution in [1.82, 2.24) is 4.90 Å². The van der Waals surface area contributed by atoms with Gasteiger partial charge in [-0.05, 0) is 32.9 Å². The lowest BCUT2D eigenvalue weighted by Gasteiger charge is -2.09. The largest absolute Gasteiger partial charge is 0.376 e. The van der Waals surface area contributed by atoms with Gasteiger partial charge >= 0.3 is 0 Å². The van der Waals surface area contributed by atoms with Crippen molar-refractivity contribution >= 4 is 0 Å². The Morgan fingerprint density at radius 1 is 1.31 bits per heavy atom. The van der Waals surface area contributed by atoms with Crippen LogP contribution in [0.1, 0.15) is 32.6 Å². The quantitative estimate of drug-likeness (QED) is 0.523. The second kappa shape index (κ2) is 8.16. The van der Waals surface area contributed by atoms with E-state index < -0.39 is 0 Å². The predicted octanol–water partition coefficient (Wildman–Crippen LogP) is 1.79. The van der Waals surface area contributed by atoms with Crippen LogP contribution in [0, 0.1) is 23.2 Å². The summed E-state index contributed by atoms with van der Waals surface area (Å²) in [6.45, 7) is 5.81. The van der Waals surface area contributed by atoms with Gasteiger partial charge < -0.3 is 4.74 Å². The fourth-order valence-electron chi connectivity index (χ4n) is 1.69. The van der Waals surface area contributed by atoms with Crippen LogP contribution in [0.15, 0.2) is 0 Å². The first-order valence-electron chi connectivity index (χ1n) is 5.99. The molecule has 3 nitrogen and oxygen atoms in total. The summed E-state index contributed by atoms with van der Waals surface area (Å²) in [7, 11) is 0. The lowest BCUT2D eigenvalue weighted by molar-refractivity contribution is 0.0739. The first-order chi connectivity index (χ1) is 7.83. The molecule has 1 atom stereocenters. The number of rotatable bonds is 5. The highest BCUT2D eigenvalue weighted by Crippen LogP contribution is 2.05. The lowest BCUT2D eigenvalue weighted by atomic mass is 10.3. The highest BCUT2D eigenvalue weighted by atomic mass is 16.5. The smallest absolute Gasteiger partial charge is 0.0656 e. The summed E-state index contributed by atoms with van der Waals surface area (Å²) in [4.78, 5) is 2.38. The molecule has 0 aliphatic carbocycles. The standard InChI is InChI=1S/C13H20N2O/c1-13(16-12-6-8-14)7-2-3-9-15-10-4-5-11-15/h13H,4-7,9-12H2,1H3/t13-/m1/s1. The lowest BCUT2D eigenvalue weighted by Crippen LogP contribution is -2.19. The molecular weight excluding hydrogens is 200 g/mol. The Bertz CT molecular complexity index is 279. The molecule has 0 spiro atoms. The van der Waals surface area contributed by atoms with Gasteiger partial charge in [-0.3, -0.25) is 4.90 Å². The van der Waals surface area contributed by atoms with E-state index in [1.54, 1.807) is 0 Å². The molecule has 1 fully saturated rings. The van der Waals surface area contributed by atoms with Gasteiger partial charge in [0.15, 0.2) is 0 Å². The fraction of sp³-hybridized carbons (Fsp3) is 0.769. The zero-order valence-corrected chi connectivity index (χ0v) is 10.0. The molecule has 0 N–H and O–H groups in total. The second-order valence-corrected chi connectivity index (χ2v) is 4.13. The van der Waals surface area contributed by atoms with Gasteiger partial charge in [0.1, 0.15) is 0 Å². The van der Waals surface area contributed by atoms with Crippen LogP contribution in [0.25, 0.3) is 0 Å². The van der Waals surface area contributed by atoms with Gasteiger partial charge in [-0.25, -0.2) is 0 Å². The summed E-state index contributed by atoms with van der Waals surface area (Å²) in [5, 5.41) is 8.35. The summed E-state index contributed by atoms with van der Waals surface area (Å²) in [5.74, 6) is 6.32. The Kier molecular flexibility index (Phi) is 6.65. The van der Waals surface area contributed by atoms with Gasteiger partial charge in [0.2, 0.25) is 0 Å². The van der Waals surface area contributed by atoms with Gasteiger partial charge in [0, 0.05) is 6.42 Å². The molecule has 1 rings (SSSR count). The Morgan fingerprint density at radius 2 is 2.06 bits per heavy atom. The molecule has 1 aliphatic heterocycles. The minimum atomic E-state index is 0.138. The van der Waals surface area contributed by atoms with E-state index in [0.717, 1.165) is 13.0 Å². The second-order valence-electron chi connectivity index (χ2n) is 4.13. The molecule has 0 radical (unpaired) electrons. The molecule has 0 bridgehead atoms. The number of hydrogen-bond acceptors (Lipinski definition) is 3. The van der Waals surface area contributed by atoms with Gasteiger partial charge in [-0.2, -0.15) is 5.26 Å². The van der Waals surface area contributed by atoms with Crippen molar-refractivity contribution in [3.63, 3.8) is 0 Å². The van der Waals surface area contributed by atoms with Crippen molar-refractivity contribution < 1.29 is 4.74 Å². The average Bonchev–Trinajstić information content (AvgIpc) is 2.78. The molecular formula is C13H20N2O. The average molecular weight is 220 g/mol. The van der Waals surface area contributed by atoms with Crippen molar-refractivity contribution in [2.45, 2.75) is 38.7 Å². The van der Waals surface area contributed by atoms with E-state index in [0.29, 0.717) is 13.0 Å². The van der Waals surface area contributed by atoms with E-state index in [1.165, 1.54) is 25.9 Å². The zero-order chi connectivity index (χ0) is 11.6. The predicted molar refractivity (Wildman–Crippen MR) is 63.7 cm³/mol. The van der Waals surface area contributed by atoms with Crippen LogP contribution in [0.5, 0.6) is 0 Å². The first kappa shape index (κ1) is 13.0. The van der Waals surface area contributed by atoms with Crippen molar-refractivity contribution in [2.24, 2.45) is 0 Å². The number of likely N-dealkylation sites (tertiary alicyclic amines) is 1. The van der Waals surface area contributed by atoms with Crippen LogP contribution >= 0.6 is 0 Å². The minimum Gasteiger partial charge on any atom is -0.376 e. The maximum atomic E-state index is 8.35. The molecule has 0 aromatic heterocycles. The van der Waals surface area contributed by atoms with E-state index in [9.17, 15) is 0 Å². The molecule has 0 aromatic carbocycles. The molecule has 1 heterocycles. The van der Waals surface area contributed by atoms with Crippen molar-refractivity contribution in [2.75, 3.05) is 26.2 Å². The monoisotopic (exact) mass is 220 g/mol. The van der Waals surface area contributed by atoms with Gasteiger partial charge in [0.25, 0.3) is 0 Å². The summed E-state index contributed by atoms with van der Waals surface area (Å²) in [6.07, 6.45) is 4.00. The molecule has 0 amide bonds. The van der Waals surface area contributed by atoms with E-state index in [-0.39, 0.29) is 6.10 Å². The van der Waals surface area contributed by atoms with Gasteiger partial charge in [-0.15, -0.1) is 0 Å². The van der Waals surface area contributed by atoms with E-state index in [2.05, 4.69) is 22.8 Å². The van der Waals surface area contributed by atoms with Crippen LogP contribution < -0.4 is 0 Å². The summed E-state index contributed by atoms with van der Waals surface area (Å²) in [6, 6.07) is 2.06. The SMILES string of the molecule is C[C@H](CC#CCN1CCCC1)OCCC#N. The van der Waals surface area contributed by atoms with Gasteiger partial charge in [0.05, 0.1) is 31.7 Å². The third kappa shape index (κ3) is 5.75. The van der Waals surface area contributed by atoms with Crippen LogP contribution in [0.3, 0.4) is 0 Å². The molecule has 0 aromatic rings. The maximum Gasteiger partial charge on any atom is 0.0656 e. The van der Waals surface area contributed by atoms with Crippen molar-refractivity contribution in [3.05, 3.63) is 0 Å². The van der Waals surface area contributed by atoms with E-state index >= 15 is 0 Å². The maximum absolute atomic E-state index is 8.35. The fourth-order valence-corrected chi connectivity index (χ4v) is 1.69. The highest BCUT2D eigenvalue weighted by Gasteiger charge is 2.08. The third-order valence-electron chi connectivity index (χ3n) is 2.63. The van der Waals surface area contributed by atoms with Crippen LogP contribution in [-0.4, -0.2) is 37.2 Å². The molecule has 0 saturated carbocycles. The number of nitrogens with zero attached hydrogens (tertiary/aromatic N) is 2. The van der Waals surface area contributed by atoms with Gasteiger partial charge in [-0.1, -0.05) is 11.8 Å². The van der Waals surface area contributed by atoms with Crippen molar-refractivity contribution in [1.29, 1.82) is 5.26 Å². The van der Waals surface area contributed by atoms with Crippen LogP contribution in [0.4, 0.5) is 0 Å². The Balaban J connectivity index is 2.04. The first-order valence-corrected chi connectivity index (χ1v) is 5.99. The molecule has 1 saturated heterocycles. The summed E-state index contributed by atoms with van der Waals surface area (Å²) in [5.41, 5.74) is 0. The zero-order valence-electron chi connectivity index (χ0n) is 10.0. The normalized spacial score (nSPS) is 17.5. The van der Waals surface area contributed by atoms with E-state index in [1.807, 2.05) is 6.92 Å². The summed E-state index contributed by atoms with van der Waals surface area (Å²) < 4.78 is 5.42. The molecule has 88 valence electrons.